The van der Waals surface area contributed by atoms with Gasteiger partial charge < -0.3 is 10.4 Å². The fraction of sp³-hybridized carbons (Fsp3) is 0.0769. The van der Waals surface area contributed by atoms with Crippen LogP contribution in [0.2, 0.25) is 0 Å². The highest BCUT2D eigenvalue weighted by molar-refractivity contribution is 5.85. The Labute approximate surface area is 122 Å². The molecule has 2 N–H and O–H groups in total. The van der Waals surface area contributed by atoms with Gasteiger partial charge in [-0.15, -0.1) is 12.4 Å². The molecule has 0 spiro atoms. The molecule has 0 aliphatic heterocycles. The number of nitrogens with one attached hydrogen (secondary N) is 1. The molecule has 2 aromatic carbocycles. The second-order valence-electron chi connectivity index (χ2n) is 3.93. The Balaban J connectivity index is 0.00000220. The molecule has 0 saturated heterocycles. The molecule has 2 rings (SSSR count). The zero-order valence-corrected chi connectivity index (χ0v) is 11.1. The smallest absolute Gasteiger partial charge is 0.200 e. The number of benzene rings is 2. The maximum atomic E-state index is 13.4. The maximum absolute atomic E-state index is 13.4. The lowest BCUT2D eigenvalue weighted by Crippen LogP contribution is -2.09. The van der Waals surface area contributed by atoms with Gasteiger partial charge in [-0.3, -0.25) is 0 Å². The number of aromatic hydroxyl groups is 1. The fourth-order valence-electron chi connectivity index (χ4n) is 1.60. The van der Waals surface area contributed by atoms with Gasteiger partial charge in [0.15, 0.2) is 23.3 Å². The van der Waals surface area contributed by atoms with Gasteiger partial charge in [-0.25, -0.2) is 22.0 Å². The summed E-state index contributed by atoms with van der Waals surface area (Å²) < 4.78 is 65.5. The third kappa shape index (κ3) is 3.18. The van der Waals surface area contributed by atoms with Gasteiger partial charge in [0.25, 0.3) is 0 Å². The third-order valence-corrected chi connectivity index (χ3v) is 2.66. The van der Waals surface area contributed by atoms with E-state index in [4.69, 9.17) is 0 Å². The van der Waals surface area contributed by atoms with Crippen LogP contribution < -0.4 is 5.32 Å². The van der Waals surface area contributed by atoms with Crippen molar-refractivity contribution in [3.05, 3.63) is 58.9 Å². The van der Waals surface area contributed by atoms with Crippen LogP contribution in [-0.4, -0.2) is 5.11 Å². The molecule has 0 fully saturated rings. The molecule has 8 heteroatoms. The van der Waals surface area contributed by atoms with E-state index in [1.165, 1.54) is 18.2 Å². The van der Waals surface area contributed by atoms with Crippen molar-refractivity contribution in [2.24, 2.45) is 0 Å². The molecule has 0 atom stereocenters. The largest absolute Gasteiger partial charge is 0.508 e. The molecule has 0 aromatic heterocycles. The van der Waals surface area contributed by atoms with Crippen LogP contribution in [0.5, 0.6) is 5.75 Å². The number of hydrogen-bond donors (Lipinski definition) is 2. The average molecular weight is 326 g/mol. The first kappa shape index (κ1) is 17.0. The summed E-state index contributed by atoms with van der Waals surface area (Å²) in [6, 6.07) is 5.84. The minimum absolute atomic E-state index is 0. The monoisotopic (exact) mass is 325 g/mol. The lowest BCUT2D eigenvalue weighted by atomic mass is 10.2. The lowest BCUT2D eigenvalue weighted by molar-refractivity contribution is 0.381. The Bertz CT molecular complexity index is 636. The van der Waals surface area contributed by atoms with Gasteiger partial charge in [-0.1, -0.05) is 18.2 Å². The van der Waals surface area contributed by atoms with E-state index in [2.05, 4.69) is 5.32 Å². The van der Waals surface area contributed by atoms with Gasteiger partial charge in [-0.05, 0) is 6.07 Å². The van der Waals surface area contributed by atoms with E-state index in [1.54, 1.807) is 6.07 Å². The average Bonchev–Trinajstić information content (AvgIpc) is 2.45. The first-order valence-corrected chi connectivity index (χ1v) is 5.45. The van der Waals surface area contributed by atoms with E-state index in [0.29, 0.717) is 0 Å². The molecule has 0 radical (unpaired) electrons. The molecular weight excluding hydrogens is 317 g/mol. The number of anilines is 1. The topological polar surface area (TPSA) is 32.3 Å². The number of para-hydroxylation sites is 1. The zero-order valence-electron chi connectivity index (χ0n) is 10.3. The second-order valence-corrected chi connectivity index (χ2v) is 3.93. The predicted octanol–water partition coefficient (Wildman–Crippen LogP) is 4.12. The van der Waals surface area contributed by atoms with Crippen molar-refractivity contribution in [2.45, 2.75) is 6.54 Å². The molecule has 0 aliphatic carbocycles. The fourth-order valence-corrected chi connectivity index (χ4v) is 1.60. The summed E-state index contributed by atoms with van der Waals surface area (Å²) in [6.45, 7) is -0.301. The van der Waals surface area contributed by atoms with Crippen LogP contribution in [0.25, 0.3) is 0 Å². The van der Waals surface area contributed by atoms with E-state index in [1.807, 2.05) is 0 Å². The number of phenolic OH excluding ortho intramolecular Hbond substituents is 1. The Morgan fingerprint density at radius 2 is 1.29 bits per heavy atom. The Morgan fingerprint density at radius 1 is 0.810 bits per heavy atom. The van der Waals surface area contributed by atoms with E-state index >= 15 is 0 Å². The van der Waals surface area contributed by atoms with Gasteiger partial charge in [-0.2, -0.15) is 0 Å². The van der Waals surface area contributed by atoms with Crippen LogP contribution in [0.15, 0.2) is 24.3 Å². The molecule has 21 heavy (non-hydrogen) atoms. The number of rotatable bonds is 3. The molecule has 0 heterocycles. The molecule has 0 aliphatic rings. The summed E-state index contributed by atoms with van der Waals surface area (Å²) in [7, 11) is 0. The standard InChI is InChI=1S/C13H8F5NO.ClH/c14-8-9(15)11(17)13(12(18)10(8)16)19-5-6-3-1-2-4-7(6)20;/h1-4,19-20H,5H2;1H. The summed E-state index contributed by atoms with van der Waals surface area (Å²) in [4.78, 5) is 0. The van der Waals surface area contributed by atoms with Gasteiger partial charge in [0, 0.05) is 12.1 Å². The van der Waals surface area contributed by atoms with Gasteiger partial charge in [0.2, 0.25) is 5.82 Å². The van der Waals surface area contributed by atoms with Crippen molar-refractivity contribution in [1.82, 2.24) is 0 Å². The van der Waals surface area contributed by atoms with Crippen molar-refractivity contribution < 1.29 is 27.1 Å². The van der Waals surface area contributed by atoms with Crippen LogP contribution >= 0.6 is 12.4 Å². The molecule has 2 aromatic rings. The van der Waals surface area contributed by atoms with E-state index < -0.39 is 34.8 Å². The first-order valence-electron chi connectivity index (χ1n) is 5.45. The van der Waals surface area contributed by atoms with Crippen LogP contribution in [0.4, 0.5) is 27.6 Å². The van der Waals surface area contributed by atoms with Crippen molar-refractivity contribution in [3.8, 4) is 5.75 Å². The zero-order chi connectivity index (χ0) is 14.9. The highest BCUT2D eigenvalue weighted by Gasteiger charge is 2.25. The van der Waals surface area contributed by atoms with Crippen LogP contribution in [0.1, 0.15) is 5.56 Å². The van der Waals surface area contributed by atoms with Gasteiger partial charge >= 0.3 is 0 Å². The van der Waals surface area contributed by atoms with Gasteiger partial charge in [0.1, 0.15) is 11.4 Å². The second kappa shape index (κ2) is 6.62. The highest BCUT2D eigenvalue weighted by Crippen LogP contribution is 2.28. The minimum Gasteiger partial charge on any atom is -0.508 e. The summed E-state index contributed by atoms with van der Waals surface area (Å²) in [5.74, 6) is -10.3. The van der Waals surface area contributed by atoms with Crippen LogP contribution in [0.3, 0.4) is 0 Å². The first-order chi connectivity index (χ1) is 9.43. The van der Waals surface area contributed by atoms with Crippen LogP contribution in [-0.2, 0) is 6.54 Å². The summed E-state index contributed by atoms with van der Waals surface area (Å²) in [6.07, 6.45) is 0. The van der Waals surface area contributed by atoms with Gasteiger partial charge in [0.05, 0.1) is 0 Å². The number of hydrogen-bond acceptors (Lipinski definition) is 2. The Morgan fingerprint density at radius 3 is 1.81 bits per heavy atom. The summed E-state index contributed by atoms with van der Waals surface area (Å²) >= 11 is 0. The quantitative estimate of drug-likeness (QED) is 0.505. The summed E-state index contributed by atoms with van der Waals surface area (Å²) in [5, 5.41) is 11.5. The third-order valence-electron chi connectivity index (χ3n) is 2.66. The molecule has 0 unspecified atom stereocenters. The van der Waals surface area contributed by atoms with E-state index in [-0.39, 0.29) is 30.3 Å². The van der Waals surface area contributed by atoms with E-state index in [9.17, 15) is 27.1 Å². The predicted molar refractivity (Wildman–Crippen MR) is 68.9 cm³/mol. The summed E-state index contributed by atoms with van der Waals surface area (Å²) in [5.41, 5.74) is -0.888. The number of phenols is 1. The molecule has 0 saturated carbocycles. The molecular formula is C13H9ClF5NO. The highest BCUT2D eigenvalue weighted by atomic mass is 35.5. The maximum Gasteiger partial charge on any atom is 0.200 e. The molecule has 2 nitrogen and oxygen atoms in total. The van der Waals surface area contributed by atoms with Crippen molar-refractivity contribution >= 4 is 18.1 Å². The molecule has 0 amide bonds. The van der Waals surface area contributed by atoms with Crippen molar-refractivity contribution in [2.75, 3.05) is 5.32 Å². The SMILES string of the molecule is Cl.Oc1ccccc1CNc1c(F)c(F)c(F)c(F)c1F. The lowest BCUT2D eigenvalue weighted by Gasteiger charge is -2.11. The number of halogens is 6. The van der Waals surface area contributed by atoms with Crippen molar-refractivity contribution in [3.63, 3.8) is 0 Å². The Hall–Kier alpha value is -2.02. The van der Waals surface area contributed by atoms with Crippen LogP contribution in [0, 0.1) is 29.1 Å². The normalized spacial score (nSPS) is 10.1. The minimum atomic E-state index is -2.21. The van der Waals surface area contributed by atoms with E-state index in [0.717, 1.165) is 0 Å². The van der Waals surface area contributed by atoms with Crippen molar-refractivity contribution in [1.29, 1.82) is 0 Å². The Kier molecular flexibility index (Phi) is 5.37. The molecule has 114 valence electrons. The molecule has 0 bridgehead atoms.